The predicted molar refractivity (Wildman–Crippen MR) is 168 cm³/mol. The number of phenolic OH excluding ortho intramolecular Hbond substituents is 2. The molecule has 2 aromatic rings. The van der Waals surface area contributed by atoms with Crippen LogP contribution in [0.5, 0.6) is 17.2 Å². The maximum Gasteiger partial charge on any atom is 0.250 e. The highest BCUT2D eigenvalue weighted by Gasteiger charge is 2.56. The molecular formula is C35H39N3O8. The van der Waals surface area contributed by atoms with Crippen LogP contribution in [0.15, 0.2) is 46.1 Å². The monoisotopic (exact) mass is 629 g/mol. The second-order valence-corrected chi connectivity index (χ2v) is 13.1. The van der Waals surface area contributed by atoms with Gasteiger partial charge in [-0.25, -0.2) is 0 Å². The molecule has 0 spiro atoms. The van der Waals surface area contributed by atoms with E-state index in [9.17, 15) is 34.2 Å². The molecule has 1 aromatic carbocycles. The van der Waals surface area contributed by atoms with E-state index < -0.39 is 28.5 Å². The summed E-state index contributed by atoms with van der Waals surface area (Å²) >= 11 is 0. The summed E-state index contributed by atoms with van der Waals surface area (Å²) < 4.78 is 7.67. The molecule has 0 saturated carbocycles. The lowest BCUT2D eigenvalue weighted by Crippen LogP contribution is -2.49. The van der Waals surface area contributed by atoms with Gasteiger partial charge in [-0.15, -0.1) is 0 Å². The summed E-state index contributed by atoms with van der Waals surface area (Å²) in [5.74, 6) is -1.94. The minimum atomic E-state index is -1.56. The molecule has 4 heterocycles. The molecule has 46 heavy (non-hydrogen) atoms. The smallest absolute Gasteiger partial charge is 0.250 e. The Morgan fingerprint density at radius 3 is 2.54 bits per heavy atom. The normalized spacial score (nSPS) is 24.0. The summed E-state index contributed by atoms with van der Waals surface area (Å²) in [5, 5.41) is 24.7. The third-order valence-corrected chi connectivity index (χ3v) is 10.0. The second-order valence-electron chi connectivity index (χ2n) is 13.1. The number of amides is 1. The summed E-state index contributed by atoms with van der Waals surface area (Å²) in [5.41, 5.74) is -0.235. The van der Waals surface area contributed by atoms with Crippen molar-refractivity contribution in [3.63, 3.8) is 0 Å². The number of rotatable bonds is 8. The molecule has 1 fully saturated rings. The Morgan fingerprint density at radius 1 is 1.04 bits per heavy atom. The van der Waals surface area contributed by atoms with E-state index >= 15 is 0 Å². The first kappa shape index (κ1) is 31.3. The van der Waals surface area contributed by atoms with Crippen LogP contribution in [0, 0.1) is 12.8 Å². The molecule has 6 rings (SSSR count). The first-order valence-electron chi connectivity index (χ1n) is 15.9. The average molecular weight is 630 g/mol. The number of hydrogen-bond acceptors (Lipinski definition) is 9. The van der Waals surface area contributed by atoms with Crippen molar-refractivity contribution in [3.8, 4) is 17.2 Å². The molecule has 11 heteroatoms. The predicted octanol–water partition coefficient (Wildman–Crippen LogP) is 3.53. The molecule has 3 N–H and O–H groups in total. The van der Waals surface area contributed by atoms with Crippen LogP contribution < -0.4 is 15.6 Å². The van der Waals surface area contributed by atoms with Crippen molar-refractivity contribution in [2.24, 2.45) is 5.92 Å². The van der Waals surface area contributed by atoms with Crippen LogP contribution >= 0.6 is 0 Å². The zero-order valence-electron chi connectivity index (χ0n) is 26.6. The number of fused-ring (bicyclic) bond motifs is 7. The van der Waals surface area contributed by atoms with E-state index in [1.165, 1.54) is 26.8 Å². The average Bonchev–Trinajstić information content (AvgIpc) is 3.30. The van der Waals surface area contributed by atoms with Gasteiger partial charge in [-0.1, -0.05) is 12.5 Å². The van der Waals surface area contributed by atoms with Crippen LogP contribution in [-0.4, -0.2) is 62.6 Å². The third-order valence-electron chi connectivity index (χ3n) is 10.0. The number of nitrogens with one attached hydrogen (secondary N) is 1. The summed E-state index contributed by atoms with van der Waals surface area (Å²) in [6.45, 7) is 8.32. The Kier molecular flexibility index (Phi) is 7.90. The lowest BCUT2D eigenvalue weighted by Gasteiger charge is -2.42. The van der Waals surface area contributed by atoms with E-state index in [-0.39, 0.29) is 62.8 Å². The topological polar surface area (TPSA) is 155 Å². The van der Waals surface area contributed by atoms with Gasteiger partial charge in [0.05, 0.1) is 11.1 Å². The number of likely N-dealkylation sites (tertiary alicyclic amines) is 1. The number of phenols is 2. The lowest BCUT2D eigenvalue weighted by molar-refractivity contribution is -0.134. The van der Waals surface area contributed by atoms with E-state index in [0.717, 1.165) is 18.5 Å². The number of benzene rings is 1. The Balaban J connectivity index is 1.06. The Labute approximate surface area is 266 Å². The van der Waals surface area contributed by atoms with Gasteiger partial charge in [0.25, 0.3) is 5.56 Å². The third kappa shape index (κ3) is 4.92. The van der Waals surface area contributed by atoms with Crippen molar-refractivity contribution < 1.29 is 34.1 Å². The molecule has 242 valence electrons. The highest BCUT2D eigenvalue weighted by atomic mass is 16.5. The molecule has 11 nitrogen and oxygen atoms in total. The van der Waals surface area contributed by atoms with Gasteiger partial charge in [0, 0.05) is 67.6 Å². The Hall–Kier alpha value is -4.67. The summed E-state index contributed by atoms with van der Waals surface area (Å²) in [6.07, 6.45) is 4.83. The van der Waals surface area contributed by atoms with Crippen molar-refractivity contribution in [1.29, 1.82) is 0 Å². The number of ketones is 3. The number of unbranched alkanes of at least 4 members (excludes halogenated alkanes) is 2. The summed E-state index contributed by atoms with van der Waals surface area (Å²) in [4.78, 5) is 66.7. The van der Waals surface area contributed by atoms with Gasteiger partial charge in [-0.3, -0.25) is 24.0 Å². The largest absolute Gasteiger partial charge is 0.507 e. The fourth-order valence-electron chi connectivity index (χ4n) is 7.56. The number of aromatic hydroxyl groups is 2. The van der Waals surface area contributed by atoms with Crippen molar-refractivity contribution in [1.82, 2.24) is 14.8 Å². The zero-order valence-corrected chi connectivity index (χ0v) is 26.6. The molecule has 3 aliphatic heterocycles. The van der Waals surface area contributed by atoms with Crippen molar-refractivity contribution in [3.05, 3.63) is 74.0 Å². The summed E-state index contributed by atoms with van der Waals surface area (Å²) in [6, 6.07) is 5.37. The highest BCUT2D eigenvalue weighted by Crippen LogP contribution is 2.57. The van der Waals surface area contributed by atoms with Crippen molar-refractivity contribution in [2.45, 2.75) is 77.7 Å². The lowest BCUT2D eigenvalue weighted by atomic mass is 9.70. The highest BCUT2D eigenvalue weighted by molar-refractivity contribution is 6.31. The summed E-state index contributed by atoms with van der Waals surface area (Å²) in [7, 11) is 0. The number of ether oxygens (including phenoxy) is 1. The quantitative estimate of drug-likeness (QED) is 0.172. The molecule has 4 aliphatic rings. The number of allylic oxidation sites excluding steroid dienone is 4. The fourth-order valence-corrected chi connectivity index (χ4v) is 7.56. The number of aromatic nitrogens is 1. The number of hydrogen-bond donors (Lipinski definition) is 3. The SMILES string of the molecule is CC(=O)c1c(O)c(C)c(O)c2c1OC1=CC(=O)/C(=C(/C)NCCCCCC(=O)N3C[C@@H]4C[C@H](C3)c3cccc(=O)n3C4)C(=O)[C@]12C. The van der Waals surface area contributed by atoms with Gasteiger partial charge in [0.15, 0.2) is 17.3 Å². The fraction of sp³-hybridized carbons (Fsp3) is 0.457. The number of piperidine rings is 1. The standard InChI is InChI=1S/C35H39N3O8/c1-18-31(43)29(20(3)39)33-30(32(18)44)35(4)25(46-33)14-24(40)28(34(35)45)19(2)36-12-7-5-6-10-26(41)37-15-21-13-22(17-37)23-9-8-11-27(42)38(23)16-21/h8-9,11,14,21-22,36,43-44H,5-7,10,12-13,15-17H2,1-4H3/b28-19+/t21-,22+,35+/m0/s1. The number of carbonyl (C=O) groups excluding carboxylic acids is 4. The zero-order chi connectivity index (χ0) is 33.1. The van der Waals surface area contributed by atoms with Crippen LogP contribution in [0.25, 0.3) is 0 Å². The molecule has 2 bridgehead atoms. The number of carbonyl (C=O) groups is 4. The van der Waals surface area contributed by atoms with Gasteiger partial charge < -0.3 is 29.7 Å². The molecule has 1 saturated heterocycles. The maximum absolute atomic E-state index is 13.9. The van der Waals surface area contributed by atoms with E-state index in [1.54, 1.807) is 19.1 Å². The number of nitrogens with zero attached hydrogens (tertiary/aromatic N) is 2. The molecule has 3 atom stereocenters. The van der Waals surface area contributed by atoms with Gasteiger partial charge >= 0.3 is 0 Å². The van der Waals surface area contributed by atoms with Crippen LogP contribution in [0.2, 0.25) is 0 Å². The van der Waals surface area contributed by atoms with Gasteiger partial charge in [0.1, 0.15) is 34.0 Å². The maximum atomic E-state index is 13.9. The molecule has 0 unspecified atom stereocenters. The number of Topliss-reactive ketones (excluding diaryl/α,β-unsaturated/α-hetero) is 2. The van der Waals surface area contributed by atoms with Gasteiger partial charge in [-0.2, -0.15) is 0 Å². The molecule has 0 radical (unpaired) electrons. The number of pyridine rings is 1. The Morgan fingerprint density at radius 2 is 1.80 bits per heavy atom. The first-order valence-corrected chi connectivity index (χ1v) is 15.9. The van der Waals surface area contributed by atoms with E-state index in [0.29, 0.717) is 51.1 Å². The molecule has 1 amide bonds. The van der Waals surface area contributed by atoms with Crippen LogP contribution in [0.4, 0.5) is 0 Å². The molecule has 1 aliphatic carbocycles. The second kappa shape index (κ2) is 11.6. The molecule has 1 aromatic heterocycles. The first-order chi connectivity index (χ1) is 21.8. The van der Waals surface area contributed by atoms with Crippen molar-refractivity contribution >= 4 is 23.3 Å². The molecular weight excluding hydrogens is 590 g/mol. The van der Waals surface area contributed by atoms with E-state index in [2.05, 4.69) is 5.32 Å². The van der Waals surface area contributed by atoms with Crippen LogP contribution in [0.1, 0.15) is 86.0 Å². The Bertz CT molecular complexity index is 1820. The van der Waals surface area contributed by atoms with Crippen LogP contribution in [-0.2, 0) is 26.3 Å². The minimum absolute atomic E-state index is 0.00281. The van der Waals surface area contributed by atoms with Crippen LogP contribution in [0.3, 0.4) is 0 Å². The van der Waals surface area contributed by atoms with E-state index in [4.69, 9.17) is 4.74 Å². The minimum Gasteiger partial charge on any atom is -0.507 e. The van der Waals surface area contributed by atoms with Gasteiger partial charge in [-0.05, 0) is 58.9 Å². The van der Waals surface area contributed by atoms with E-state index in [1.807, 2.05) is 15.5 Å². The van der Waals surface area contributed by atoms with Crippen molar-refractivity contribution in [2.75, 3.05) is 19.6 Å². The van der Waals surface area contributed by atoms with Gasteiger partial charge in [0.2, 0.25) is 5.91 Å².